The molecule has 0 spiro atoms. The number of carbonyl (C=O) groups is 4. The minimum atomic E-state index is -0.608. The Morgan fingerprint density at radius 2 is 1.14 bits per heavy atom. The fourth-order valence-electron chi connectivity index (χ4n) is 5.26. The van der Waals surface area contributed by atoms with Gasteiger partial charge in [0, 0.05) is 24.2 Å². The first-order valence-electron chi connectivity index (χ1n) is 11.7. The van der Waals surface area contributed by atoms with Crippen LogP contribution < -0.4 is 9.47 Å². The number of hydrogen-bond acceptors (Lipinski definition) is 8. The Balaban J connectivity index is 1.84. The molecular formula is C28H25NO7. The number of fused-ring (bicyclic) bond motifs is 2. The second kappa shape index (κ2) is 9.11. The van der Waals surface area contributed by atoms with Crippen molar-refractivity contribution in [3.8, 4) is 11.5 Å². The Hall–Kier alpha value is -4.20. The first-order valence-corrected chi connectivity index (χ1v) is 11.7. The van der Waals surface area contributed by atoms with Crippen molar-refractivity contribution < 1.29 is 33.4 Å². The second-order valence-electron chi connectivity index (χ2n) is 8.76. The number of ether oxygens (including phenoxy) is 3. The number of benzene rings is 2. The third-order valence-corrected chi connectivity index (χ3v) is 6.90. The van der Waals surface area contributed by atoms with Crippen LogP contribution in [0, 0.1) is 0 Å². The maximum absolute atomic E-state index is 14.2. The van der Waals surface area contributed by atoms with Gasteiger partial charge in [-0.15, -0.1) is 0 Å². The van der Waals surface area contributed by atoms with Gasteiger partial charge in [-0.25, -0.2) is 0 Å². The minimum absolute atomic E-state index is 0.0392. The number of methoxy groups -OCH3 is 3. The molecule has 36 heavy (non-hydrogen) atoms. The van der Waals surface area contributed by atoms with Gasteiger partial charge in [0.05, 0.1) is 49.3 Å². The summed E-state index contributed by atoms with van der Waals surface area (Å²) in [7, 11) is 4.08. The predicted octanol–water partition coefficient (Wildman–Crippen LogP) is 3.80. The molecule has 0 bridgehead atoms. The topological polar surface area (TPSA) is 99.2 Å². The van der Waals surface area contributed by atoms with Gasteiger partial charge in [-0.3, -0.25) is 19.2 Å². The van der Waals surface area contributed by atoms with E-state index < -0.39 is 23.1 Å². The molecule has 1 heterocycles. The Morgan fingerprint density at radius 1 is 0.611 bits per heavy atom. The Bertz CT molecular complexity index is 1390. The monoisotopic (exact) mass is 487 g/mol. The van der Waals surface area contributed by atoms with Gasteiger partial charge in [0.1, 0.15) is 11.5 Å². The van der Waals surface area contributed by atoms with Crippen LogP contribution in [0.2, 0.25) is 0 Å². The van der Waals surface area contributed by atoms with Gasteiger partial charge in [-0.2, -0.15) is 0 Å². The molecule has 5 rings (SSSR count). The zero-order valence-electron chi connectivity index (χ0n) is 20.3. The third kappa shape index (κ3) is 3.36. The van der Waals surface area contributed by atoms with Crippen molar-refractivity contribution in [1.82, 2.24) is 4.90 Å². The molecule has 0 amide bonds. The van der Waals surface area contributed by atoms with Crippen LogP contribution in [0.3, 0.4) is 0 Å². The number of nitrogens with zero attached hydrogens (tertiary/aromatic N) is 1. The molecular weight excluding hydrogens is 462 g/mol. The van der Waals surface area contributed by atoms with Crippen LogP contribution in [-0.2, 0) is 4.74 Å². The lowest BCUT2D eigenvalue weighted by Gasteiger charge is -2.35. The SMILES string of the molecule is COC1=C(C2=C(N3CCCCC3)C(=O)c3cccc(OC)c3C2=O)C(=O)c2c(OC)cccc2C1=O. The van der Waals surface area contributed by atoms with Gasteiger partial charge in [0.15, 0.2) is 5.76 Å². The van der Waals surface area contributed by atoms with Gasteiger partial charge in [-0.1, -0.05) is 12.1 Å². The molecule has 2 aromatic carbocycles. The molecule has 0 atom stereocenters. The molecule has 8 nitrogen and oxygen atoms in total. The number of Topliss-reactive ketones (excluding diaryl/α,β-unsaturated/α-hetero) is 4. The van der Waals surface area contributed by atoms with Gasteiger partial charge < -0.3 is 19.1 Å². The maximum Gasteiger partial charge on any atom is 0.229 e. The van der Waals surface area contributed by atoms with E-state index in [9.17, 15) is 19.2 Å². The quantitative estimate of drug-likeness (QED) is 0.628. The number of allylic oxidation sites excluding steroid dienone is 4. The molecule has 0 unspecified atom stereocenters. The molecule has 0 saturated carbocycles. The summed E-state index contributed by atoms with van der Waals surface area (Å²) in [6.07, 6.45) is 2.67. The lowest BCUT2D eigenvalue weighted by Crippen LogP contribution is -2.39. The molecule has 184 valence electrons. The highest BCUT2D eigenvalue weighted by molar-refractivity contribution is 6.37. The number of ketones is 4. The van der Waals surface area contributed by atoms with Crippen molar-refractivity contribution in [1.29, 1.82) is 0 Å². The predicted molar refractivity (Wildman–Crippen MR) is 130 cm³/mol. The average Bonchev–Trinajstić information content (AvgIpc) is 2.92. The third-order valence-electron chi connectivity index (χ3n) is 6.90. The minimum Gasteiger partial charge on any atom is -0.496 e. The van der Waals surface area contributed by atoms with Crippen molar-refractivity contribution in [3.05, 3.63) is 81.3 Å². The number of rotatable bonds is 5. The van der Waals surface area contributed by atoms with Crippen LogP contribution in [0.4, 0.5) is 0 Å². The highest BCUT2D eigenvalue weighted by Crippen LogP contribution is 2.42. The number of piperidine rings is 1. The Kier molecular flexibility index (Phi) is 5.96. The zero-order valence-corrected chi connectivity index (χ0v) is 20.3. The standard InChI is InChI=1S/C28H25NO7/c1-34-17-11-7-9-15-19(17)26(32)21(23(24(15)30)29-13-5-4-6-14-29)22-27(33)20-16(25(31)28(22)36-3)10-8-12-18(20)35-2/h7-12H,4-6,13-14H2,1-3H3. The van der Waals surface area contributed by atoms with E-state index in [0.717, 1.165) is 19.3 Å². The number of carbonyl (C=O) groups excluding carboxylic acids is 4. The van der Waals surface area contributed by atoms with Crippen molar-refractivity contribution >= 4 is 23.1 Å². The summed E-state index contributed by atoms with van der Waals surface area (Å²) in [6.45, 7) is 1.10. The lowest BCUT2D eigenvalue weighted by molar-refractivity contribution is 0.0890. The smallest absolute Gasteiger partial charge is 0.229 e. The summed E-state index contributed by atoms with van der Waals surface area (Å²) in [5.41, 5.74) is 0.181. The summed E-state index contributed by atoms with van der Waals surface area (Å²) in [5, 5.41) is 0. The van der Waals surface area contributed by atoms with E-state index in [1.807, 2.05) is 4.90 Å². The van der Waals surface area contributed by atoms with E-state index in [0.29, 0.717) is 13.1 Å². The highest BCUT2D eigenvalue weighted by atomic mass is 16.5. The first-order chi connectivity index (χ1) is 17.4. The molecule has 0 aromatic heterocycles. The van der Waals surface area contributed by atoms with E-state index in [2.05, 4.69) is 0 Å². The van der Waals surface area contributed by atoms with Crippen molar-refractivity contribution in [3.63, 3.8) is 0 Å². The van der Waals surface area contributed by atoms with Crippen LogP contribution in [0.25, 0.3) is 0 Å². The molecule has 2 aromatic rings. The lowest BCUT2D eigenvalue weighted by atomic mass is 9.76. The van der Waals surface area contributed by atoms with Crippen LogP contribution >= 0.6 is 0 Å². The maximum atomic E-state index is 14.2. The zero-order chi connectivity index (χ0) is 25.6. The van der Waals surface area contributed by atoms with Gasteiger partial charge in [0.2, 0.25) is 23.1 Å². The first kappa shape index (κ1) is 23.5. The molecule has 0 radical (unpaired) electrons. The summed E-state index contributed by atoms with van der Waals surface area (Å²) in [4.78, 5) is 57.5. The second-order valence-corrected chi connectivity index (χ2v) is 8.76. The molecule has 1 aliphatic heterocycles. The van der Waals surface area contributed by atoms with Gasteiger partial charge in [0.25, 0.3) is 0 Å². The Morgan fingerprint density at radius 3 is 1.67 bits per heavy atom. The normalized spacial score (nSPS) is 17.8. The van der Waals surface area contributed by atoms with E-state index in [1.165, 1.54) is 27.4 Å². The van der Waals surface area contributed by atoms with E-state index in [-0.39, 0.29) is 56.4 Å². The molecule has 1 saturated heterocycles. The fourth-order valence-corrected chi connectivity index (χ4v) is 5.26. The van der Waals surface area contributed by atoms with E-state index in [1.54, 1.807) is 30.3 Å². The fraction of sp³-hybridized carbons (Fsp3) is 0.286. The Labute approximate surface area is 208 Å². The number of likely N-dealkylation sites (tertiary alicyclic amines) is 1. The van der Waals surface area contributed by atoms with E-state index in [4.69, 9.17) is 14.2 Å². The summed E-state index contributed by atoms with van der Waals surface area (Å²) in [6, 6.07) is 9.52. The van der Waals surface area contributed by atoms with Crippen molar-refractivity contribution in [2.24, 2.45) is 0 Å². The molecule has 3 aliphatic rings. The average molecular weight is 488 g/mol. The van der Waals surface area contributed by atoms with Crippen LogP contribution in [0.1, 0.15) is 60.7 Å². The number of hydrogen-bond donors (Lipinski definition) is 0. The van der Waals surface area contributed by atoms with Gasteiger partial charge >= 0.3 is 0 Å². The van der Waals surface area contributed by atoms with Crippen molar-refractivity contribution in [2.45, 2.75) is 19.3 Å². The van der Waals surface area contributed by atoms with Crippen LogP contribution in [0.5, 0.6) is 11.5 Å². The summed E-state index contributed by atoms with van der Waals surface area (Å²) in [5.74, 6) is -1.98. The molecule has 8 heteroatoms. The van der Waals surface area contributed by atoms with Crippen LogP contribution in [-0.4, -0.2) is 62.5 Å². The van der Waals surface area contributed by atoms with Crippen LogP contribution in [0.15, 0.2) is 59.0 Å². The molecule has 0 N–H and O–H groups in total. The largest absolute Gasteiger partial charge is 0.496 e. The van der Waals surface area contributed by atoms with Gasteiger partial charge in [-0.05, 0) is 43.5 Å². The molecule has 1 fully saturated rings. The highest BCUT2D eigenvalue weighted by Gasteiger charge is 2.45. The summed E-state index contributed by atoms with van der Waals surface area (Å²) < 4.78 is 16.3. The van der Waals surface area contributed by atoms with E-state index >= 15 is 0 Å². The summed E-state index contributed by atoms with van der Waals surface area (Å²) >= 11 is 0. The molecule has 2 aliphatic carbocycles. The van der Waals surface area contributed by atoms with Crippen molar-refractivity contribution in [2.75, 3.05) is 34.4 Å².